The molecule has 3 heteroatoms. The molecule has 0 saturated heterocycles. The number of benzene rings is 1. The molecule has 0 heterocycles. The van der Waals surface area contributed by atoms with Crippen LogP contribution in [0.5, 0.6) is 0 Å². The average molecular weight is 288 g/mol. The van der Waals surface area contributed by atoms with E-state index >= 15 is 0 Å². The van der Waals surface area contributed by atoms with Gasteiger partial charge in [-0.1, -0.05) is 52.8 Å². The molecule has 0 aliphatic carbocycles. The Morgan fingerprint density at radius 1 is 1.14 bits per heavy atom. The van der Waals surface area contributed by atoms with Crippen molar-refractivity contribution in [2.24, 2.45) is 0 Å². The Labute approximate surface area is 129 Å². The van der Waals surface area contributed by atoms with Crippen molar-refractivity contribution in [3.8, 4) is 0 Å². The van der Waals surface area contributed by atoms with E-state index in [9.17, 15) is 4.79 Å². The highest BCUT2D eigenvalue weighted by Crippen LogP contribution is 2.32. The molecule has 1 N–H and O–H groups in total. The summed E-state index contributed by atoms with van der Waals surface area (Å²) in [5.74, 6) is 0.912. The third-order valence-corrected chi connectivity index (χ3v) is 3.48. The van der Waals surface area contributed by atoms with Gasteiger partial charge in [0.2, 0.25) is 6.41 Å². The smallest absolute Gasteiger partial charge is 0.213 e. The molecule has 3 nitrogen and oxygen atoms in total. The van der Waals surface area contributed by atoms with Crippen molar-refractivity contribution in [3.63, 3.8) is 0 Å². The summed E-state index contributed by atoms with van der Waals surface area (Å²) in [6.45, 7) is 11.6. The highest BCUT2D eigenvalue weighted by atomic mass is 16.1. The number of hydrogen-bond donors (Lipinski definition) is 1. The molecular formula is C18H28N2O. The lowest BCUT2D eigenvalue weighted by molar-refractivity contribution is -0.115. The number of rotatable bonds is 8. The van der Waals surface area contributed by atoms with E-state index in [0.717, 1.165) is 19.4 Å². The van der Waals surface area contributed by atoms with Gasteiger partial charge in [-0.2, -0.15) is 0 Å². The van der Waals surface area contributed by atoms with Crippen LogP contribution in [0.1, 0.15) is 64.0 Å². The first-order valence-corrected chi connectivity index (χ1v) is 7.78. The van der Waals surface area contributed by atoms with E-state index in [0.29, 0.717) is 11.8 Å². The van der Waals surface area contributed by atoms with Crippen molar-refractivity contribution < 1.29 is 4.79 Å². The molecule has 0 aliphatic heterocycles. The molecule has 0 saturated carbocycles. The fourth-order valence-corrected chi connectivity index (χ4v) is 2.35. The number of nitrogens with zero attached hydrogens (tertiary/aromatic N) is 1. The monoisotopic (exact) mass is 288 g/mol. The van der Waals surface area contributed by atoms with Crippen molar-refractivity contribution >= 4 is 12.1 Å². The summed E-state index contributed by atoms with van der Waals surface area (Å²) >= 11 is 0. The molecule has 0 unspecified atom stereocenters. The second-order valence-corrected chi connectivity index (χ2v) is 5.92. The zero-order chi connectivity index (χ0) is 15.8. The number of carbonyl (C=O) groups is 1. The Morgan fingerprint density at radius 3 is 2.14 bits per heavy atom. The van der Waals surface area contributed by atoms with Crippen molar-refractivity contribution in [2.75, 3.05) is 11.9 Å². The van der Waals surface area contributed by atoms with Crippen LogP contribution in [0.4, 0.5) is 5.69 Å². The zero-order valence-corrected chi connectivity index (χ0v) is 13.9. The minimum Gasteiger partial charge on any atom is -0.360 e. The quantitative estimate of drug-likeness (QED) is 0.704. The van der Waals surface area contributed by atoms with Gasteiger partial charge >= 0.3 is 0 Å². The van der Waals surface area contributed by atoms with Crippen molar-refractivity contribution in [2.45, 2.75) is 52.9 Å². The highest BCUT2D eigenvalue weighted by molar-refractivity contribution is 5.61. The maximum atomic E-state index is 10.9. The maximum Gasteiger partial charge on any atom is 0.213 e. The first-order chi connectivity index (χ1) is 10.0. The molecule has 0 radical (unpaired) electrons. The molecule has 21 heavy (non-hydrogen) atoms. The second-order valence-electron chi connectivity index (χ2n) is 5.92. The van der Waals surface area contributed by atoms with Crippen molar-refractivity contribution in [3.05, 3.63) is 41.7 Å². The van der Waals surface area contributed by atoms with E-state index in [-0.39, 0.29) is 0 Å². The zero-order valence-electron chi connectivity index (χ0n) is 13.9. The van der Waals surface area contributed by atoms with Gasteiger partial charge in [-0.25, -0.2) is 0 Å². The number of para-hydroxylation sites is 1. The fourth-order valence-electron chi connectivity index (χ4n) is 2.35. The molecular weight excluding hydrogens is 260 g/mol. The third-order valence-electron chi connectivity index (χ3n) is 3.48. The SMILES string of the molecule is CCCN(C=O)C=CNc1c(C(C)C)cccc1C(C)C. The van der Waals surface area contributed by atoms with Crippen LogP contribution in [0.15, 0.2) is 30.6 Å². The summed E-state index contributed by atoms with van der Waals surface area (Å²) in [7, 11) is 0. The van der Waals surface area contributed by atoms with Crippen LogP contribution in [0.3, 0.4) is 0 Å². The van der Waals surface area contributed by atoms with E-state index in [1.165, 1.54) is 16.8 Å². The Morgan fingerprint density at radius 2 is 1.71 bits per heavy atom. The van der Waals surface area contributed by atoms with E-state index in [1.54, 1.807) is 11.1 Å². The molecule has 0 aromatic heterocycles. The number of carbonyl (C=O) groups excluding carboxylic acids is 1. The van der Waals surface area contributed by atoms with Crippen LogP contribution in [-0.4, -0.2) is 17.9 Å². The van der Waals surface area contributed by atoms with E-state index < -0.39 is 0 Å². The summed E-state index contributed by atoms with van der Waals surface area (Å²) in [4.78, 5) is 12.6. The van der Waals surface area contributed by atoms with Crippen molar-refractivity contribution in [1.82, 2.24) is 4.90 Å². The van der Waals surface area contributed by atoms with Crippen LogP contribution in [-0.2, 0) is 4.79 Å². The standard InChI is InChI=1S/C18H28N2O/c1-6-11-20(13-21)12-10-19-18-16(14(2)3)8-7-9-17(18)15(4)5/h7-10,12-15,19H,6,11H2,1-5H3. The van der Waals surface area contributed by atoms with Crippen molar-refractivity contribution in [1.29, 1.82) is 0 Å². The van der Waals surface area contributed by atoms with E-state index in [4.69, 9.17) is 0 Å². The van der Waals surface area contributed by atoms with Gasteiger partial charge in [0.1, 0.15) is 0 Å². The number of anilines is 1. The molecule has 1 aromatic rings. The van der Waals surface area contributed by atoms with E-state index in [2.05, 4.69) is 58.1 Å². The van der Waals surface area contributed by atoms with Gasteiger partial charge in [0.25, 0.3) is 0 Å². The Kier molecular flexibility index (Phi) is 7.00. The number of hydrogen-bond acceptors (Lipinski definition) is 2. The Hall–Kier alpha value is -1.77. The molecule has 0 aliphatic rings. The van der Waals surface area contributed by atoms with Gasteiger partial charge in [-0.05, 0) is 29.4 Å². The molecule has 0 fully saturated rings. The highest BCUT2D eigenvalue weighted by Gasteiger charge is 2.12. The largest absolute Gasteiger partial charge is 0.360 e. The van der Waals surface area contributed by atoms with E-state index in [1.807, 2.05) is 6.20 Å². The van der Waals surface area contributed by atoms with Gasteiger partial charge in [0, 0.05) is 24.6 Å². The lowest BCUT2D eigenvalue weighted by Gasteiger charge is -2.19. The number of amides is 1. The second kappa shape index (κ2) is 8.50. The van der Waals surface area contributed by atoms with Gasteiger partial charge in [0.05, 0.1) is 0 Å². The summed E-state index contributed by atoms with van der Waals surface area (Å²) in [5, 5.41) is 3.39. The van der Waals surface area contributed by atoms with Gasteiger partial charge in [-0.3, -0.25) is 4.79 Å². The molecule has 1 aromatic carbocycles. The van der Waals surface area contributed by atoms with Crippen LogP contribution in [0.25, 0.3) is 0 Å². The molecule has 0 bridgehead atoms. The predicted molar refractivity (Wildman–Crippen MR) is 90.4 cm³/mol. The lowest BCUT2D eigenvalue weighted by Crippen LogP contribution is -2.16. The Balaban J connectivity index is 3.00. The molecule has 0 spiro atoms. The summed E-state index contributed by atoms with van der Waals surface area (Å²) in [6, 6.07) is 6.45. The summed E-state index contributed by atoms with van der Waals surface area (Å²) < 4.78 is 0. The van der Waals surface area contributed by atoms with Gasteiger partial charge in [-0.15, -0.1) is 0 Å². The van der Waals surface area contributed by atoms with Crippen LogP contribution in [0.2, 0.25) is 0 Å². The van der Waals surface area contributed by atoms with Gasteiger partial charge in [0.15, 0.2) is 0 Å². The first-order valence-electron chi connectivity index (χ1n) is 7.78. The topological polar surface area (TPSA) is 32.3 Å². The minimum absolute atomic E-state index is 0.456. The van der Waals surface area contributed by atoms with Crippen LogP contribution in [0, 0.1) is 0 Å². The molecule has 1 rings (SSSR count). The maximum absolute atomic E-state index is 10.9. The molecule has 0 atom stereocenters. The molecule has 116 valence electrons. The third kappa shape index (κ3) is 4.92. The fraction of sp³-hybridized carbons (Fsp3) is 0.500. The van der Waals surface area contributed by atoms with Crippen LogP contribution < -0.4 is 5.32 Å². The van der Waals surface area contributed by atoms with Crippen LogP contribution >= 0.6 is 0 Å². The first kappa shape index (κ1) is 17.3. The minimum atomic E-state index is 0.456. The lowest BCUT2D eigenvalue weighted by atomic mass is 9.93. The Bertz CT molecular complexity index is 452. The normalized spacial score (nSPS) is 11.4. The average Bonchev–Trinajstić information content (AvgIpc) is 2.45. The summed E-state index contributed by atoms with van der Waals surface area (Å²) in [5.41, 5.74) is 3.78. The summed E-state index contributed by atoms with van der Waals surface area (Å²) in [6.07, 6.45) is 5.47. The predicted octanol–water partition coefficient (Wildman–Crippen LogP) is 4.68. The molecule has 1 amide bonds. The number of nitrogens with one attached hydrogen (secondary N) is 1. The van der Waals surface area contributed by atoms with Gasteiger partial charge < -0.3 is 10.2 Å².